The first-order valence-electron chi connectivity index (χ1n) is 7.50. The molecule has 5 N–H and O–H groups in total. The van der Waals surface area contributed by atoms with Crippen molar-refractivity contribution in [1.29, 1.82) is 0 Å². The smallest absolute Gasteiger partial charge is 0.316 e. The minimum Gasteiger partial charge on any atom is -0.352 e. The number of benzene rings is 2. The van der Waals surface area contributed by atoms with Gasteiger partial charge in [0.2, 0.25) is 0 Å². The van der Waals surface area contributed by atoms with Crippen molar-refractivity contribution in [3.63, 3.8) is 0 Å². The van der Waals surface area contributed by atoms with Crippen LogP contribution in [0.1, 0.15) is 16.2 Å². The van der Waals surface area contributed by atoms with Crippen molar-refractivity contribution in [2.24, 2.45) is 5.73 Å². The van der Waals surface area contributed by atoms with Crippen LogP contribution in [0.25, 0.3) is 11.0 Å². The monoisotopic (exact) mass is 323 g/mol. The summed E-state index contributed by atoms with van der Waals surface area (Å²) in [5.74, 6) is 0.647. The number of rotatable bonds is 5. The Kier molecular flexibility index (Phi) is 4.42. The van der Waals surface area contributed by atoms with Gasteiger partial charge in [-0.05, 0) is 36.4 Å². The van der Waals surface area contributed by atoms with Crippen LogP contribution in [0.4, 0.5) is 10.5 Å². The number of hydrogen-bond donors (Lipinski definition) is 4. The zero-order valence-corrected chi connectivity index (χ0v) is 12.9. The average Bonchev–Trinajstić information content (AvgIpc) is 2.97. The quantitative estimate of drug-likeness (QED) is 0.576. The standard InChI is InChI=1S/C17H17N5O2/c18-17(24)20-12-7-5-11(6-8-12)16(23)19-10-9-15-21-13-3-1-2-4-14(13)22-15/h1-8H,9-10H2,(H,19,23)(H,21,22)(H3,18,20,24). The van der Waals surface area contributed by atoms with E-state index in [1.165, 1.54) is 0 Å². The number of carbonyl (C=O) groups is 2. The lowest BCUT2D eigenvalue weighted by Gasteiger charge is -2.06. The lowest BCUT2D eigenvalue weighted by atomic mass is 10.2. The highest BCUT2D eigenvalue weighted by molar-refractivity contribution is 5.95. The maximum absolute atomic E-state index is 12.1. The van der Waals surface area contributed by atoms with Crippen molar-refractivity contribution in [3.8, 4) is 0 Å². The van der Waals surface area contributed by atoms with Crippen LogP contribution in [-0.2, 0) is 6.42 Å². The van der Waals surface area contributed by atoms with Crippen LogP contribution >= 0.6 is 0 Å². The summed E-state index contributed by atoms with van der Waals surface area (Å²) >= 11 is 0. The molecule has 0 unspecified atom stereocenters. The zero-order chi connectivity index (χ0) is 16.9. The molecule has 0 bridgehead atoms. The van der Waals surface area contributed by atoms with E-state index < -0.39 is 6.03 Å². The molecular formula is C17H17N5O2. The Balaban J connectivity index is 1.54. The van der Waals surface area contributed by atoms with E-state index in [4.69, 9.17) is 5.73 Å². The van der Waals surface area contributed by atoms with Gasteiger partial charge in [-0.2, -0.15) is 0 Å². The van der Waals surface area contributed by atoms with Gasteiger partial charge >= 0.3 is 6.03 Å². The summed E-state index contributed by atoms with van der Waals surface area (Å²) in [6.45, 7) is 0.472. The van der Waals surface area contributed by atoms with Crippen molar-refractivity contribution in [1.82, 2.24) is 15.3 Å². The first-order valence-corrected chi connectivity index (χ1v) is 7.50. The van der Waals surface area contributed by atoms with Gasteiger partial charge in [0.15, 0.2) is 0 Å². The first-order chi connectivity index (χ1) is 11.6. The van der Waals surface area contributed by atoms with E-state index in [1.807, 2.05) is 24.3 Å². The highest BCUT2D eigenvalue weighted by Gasteiger charge is 2.07. The summed E-state index contributed by atoms with van der Waals surface area (Å²) < 4.78 is 0. The van der Waals surface area contributed by atoms with E-state index in [0.29, 0.717) is 24.2 Å². The van der Waals surface area contributed by atoms with E-state index in [-0.39, 0.29) is 5.91 Å². The summed E-state index contributed by atoms with van der Waals surface area (Å²) in [4.78, 5) is 30.5. The first kappa shape index (κ1) is 15.5. The average molecular weight is 323 g/mol. The molecule has 0 aliphatic carbocycles. The number of para-hydroxylation sites is 2. The third-order valence-electron chi connectivity index (χ3n) is 3.50. The van der Waals surface area contributed by atoms with Crippen molar-refractivity contribution in [2.45, 2.75) is 6.42 Å². The molecule has 1 heterocycles. The highest BCUT2D eigenvalue weighted by atomic mass is 16.2. The molecule has 0 saturated carbocycles. The fraction of sp³-hybridized carbons (Fsp3) is 0.118. The highest BCUT2D eigenvalue weighted by Crippen LogP contribution is 2.11. The third kappa shape index (κ3) is 3.70. The molecule has 0 fully saturated rings. The number of urea groups is 1. The molecule has 3 aromatic rings. The molecule has 2 aromatic carbocycles. The molecule has 0 atom stereocenters. The molecule has 24 heavy (non-hydrogen) atoms. The molecular weight excluding hydrogens is 306 g/mol. The molecule has 122 valence electrons. The SMILES string of the molecule is NC(=O)Nc1ccc(C(=O)NCCc2nc3ccccc3[nH]2)cc1. The minimum absolute atomic E-state index is 0.184. The second-order valence-electron chi connectivity index (χ2n) is 5.27. The number of H-pyrrole nitrogens is 1. The Bertz CT molecular complexity index is 837. The number of primary amides is 1. The summed E-state index contributed by atoms with van der Waals surface area (Å²) in [6.07, 6.45) is 0.613. The van der Waals surface area contributed by atoms with Crippen molar-refractivity contribution in [3.05, 3.63) is 59.9 Å². The Hall–Kier alpha value is -3.35. The number of nitrogens with two attached hydrogens (primary N) is 1. The van der Waals surface area contributed by atoms with Gasteiger partial charge in [-0.15, -0.1) is 0 Å². The van der Waals surface area contributed by atoms with Crippen LogP contribution in [-0.4, -0.2) is 28.5 Å². The van der Waals surface area contributed by atoms with Gasteiger partial charge < -0.3 is 21.4 Å². The molecule has 0 radical (unpaired) electrons. The Morgan fingerprint density at radius 2 is 1.83 bits per heavy atom. The fourth-order valence-electron chi connectivity index (χ4n) is 2.37. The summed E-state index contributed by atoms with van der Waals surface area (Å²) in [7, 11) is 0. The zero-order valence-electron chi connectivity index (χ0n) is 12.9. The number of aromatic amines is 1. The number of anilines is 1. The van der Waals surface area contributed by atoms with Gasteiger partial charge in [0.1, 0.15) is 5.82 Å². The van der Waals surface area contributed by atoms with E-state index >= 15 is 0 Å². The molecule has 0 aliphatic heterocycles. The maximum Gasteiger partial charge on any atom is 0.316 e. The number of carbonyl (C=O) groups excluding carboxylic acids is 2. The fourth-order valence-corrected chi connectivity index (χ4v) is 2.37. The second kappa shape index (κ2) is 6.82. The van der Waals surface area contributed by atoms with Crippen LogP contribution in [0.15, 0.2) is 48.5 Å². The molecule has 0 spiro atoms. The van der Waals surface area contributed by atoms with E-state index in [1.54, 1.807) is 24.3 Å². The van der Waals surface area contributed by atoms with Gasteiger partial charge in [-0.1, -0.05) is 12.1 Å². The topological polar surface area (TPSA) is 113 Å². The second-order valence-corrected chi connectivity index (χ2v) is 5.27. The van der Waals surface area contributed by atoms with Crippen molar-refractivity contribution in [2.75, 3.05) is 11.9 Å². The lowest BCUT2D eigenvalue weighted by Crippen LogP contribution is -2.26. The molecule has 3 rings (SSSR count). The van der Waals surface area contributed by atoms with Crippen LogP contribution in [0.3, 0.4) is 0 Å². The van der Waals surface area contributed by atoms with Gasteiger partial charge in [-0.25, -0.2) is 9.78 Å². The number of fused-ring (bicyclic) bond motifs is 1. The number of nitrogens with one attached hydrogen (secondary N) is 3. The lowest BCUT2D eigenvalue weighted by molar-refractivity contribution is 0.0954. The van der Waals surface area contributed by atoms with Gasteiger partial charge in [0, 0.05) is 24.2 Å². The van der Waals surface area contributed by atoms with Crippen LogP contribution < -0.4 is 16.4 Å². The molecule has 0 aliphatic rings. The summed E-state index contributed by atoms with van der Waals surface area (Å²) in [5.41, 5.74) is 7.98. The van der Waals surface area contributed by atoms with Gasteiger partial charge in [-0.3, -0.25) is 4.79 Å². The van der Waals surface area contributed by atoms with Crippen LogP contribution in [0.5, 0.6) is 0 Å². The van der Waals surface area contributed by atoms with Crippen LogP contribution in [0.2, 0.25) is 0 Å². The normalized spacial score (nSPS) is 10.5. The van der Waals surface area contributed by atoms with Crippen molar-refractivity contribution >= 4 is 28.7 Å². The third-order valence-corrected chi connectivity index (χ3v) is 3.50. The van der Waals surface area contributed by atoms with Crippen molar-refractivity contribution < 1.29 is 9.59 Å². The summed E-state index contributed by atoms with van der Waals surface area (Å²) in [6, 6.07) is 13.6. The van der Waals surface area contributed by atoms with Gasteiger partial charge in [0.25, 0.3) is 5.91 Å². The molecule has 7 heteroatoms. The molecule has 3 amide bonds. The minimum atomic E-state index is -0.641. The number of hydrogen-bond acceptors (Lipinski definition) is 3. The number of amides is 3. The van der Waals surface area contributed by atoms with E-state index in [0.717, 1.165) is 16.9 Å². The van der Waals surface area contributed by atoms with E-state index in [9.17, 15) is 9.59 Å². The number of nitrogens with zero attached hydrogens (tertiary/aromatic N) is 1. The Labute approximate surface area is 138 Å². The predicted molar refractivity (Wildman–Crippen MR) is 91.8 cm³/mol. The van der Waals surface area contributed by atoms with E-state index in [2.05, 4.69) is 20.6 Å². The maximum atomic E-state index is 12.1. The molecule has 7 nitrogen and oxygen atoms in total. The van der Waals surface area contributed by atoms with Crippen LogP contribution in [0, 0.1) is 0 Å². The number of imidazole rings is 1. The predicted octanol–water partition coefficient (Wildman–Crippen LogP) is 2.03. The number of aromatic nitrogens is 2. The Morgan fingerprint density at radius 3 is 2.54 bits per heavy atom. The largest absolute Gasteiger partial charge is 0.352 e. The molecule has 1 aromatic heterocycles. The summed E-state index contributed by atoms with van der Waals surface area (Å²) in [5, 5.41) is 5.28. The Morgan fingerprint density at radius 1 is 1.08 bits per heavy atom. The van der Waals surface area contributed by atoms with Gasteiger partial charge in [0.05, 0.1) is 11.0 Å². The molecule has 0 saturated heterocycles.